The van der Waals surface area contributed by atoms with Crippen LogP contribution < -0.4 is 0 Å². The second kappa shape index (κ2) is 7.73. The first-order chi connectivity index (χ1) is 13.6. The maximum Gasteiger partial charge on any atom is 0.306 e. The minimum Gasteiger partial charge on any atom is -0.466 e. The molecule has 0 aromatic heterocycles. The number of esters is 1. The summed E-state index contributed by atoms with van der Waals surface area (Å²) in [5, 5.41) is 9.36. The average molecular weight is 377 g/mol. The first-order valence-corrected chi connectivity index (χ1v) is 9.82. The number of carbonyl (C=O) groups excluding carboxylic acids is 2. The number of hydrogen-bond donors (Lipinski definition) is 0. The van der Waals surface area contributed by atoms with Crippen LogP contribution in [-0.4, -0.2) is 31.1 Å². The van der Waals surface area contributed by atoms with Crippen LogP contribution in [0.4, 0.5) is 0 Å². The molecule has 1 heterocycles. The molecule has 0 amide bonds. The highest BCUT2D eigenvalue weighted by Gasteiger charge is 2.38. The van der Waals surface area contributed by atoms with Gasteiger partial charge in [0.05, 0.1) is 31.8 Å². The molecule has 2 aliphatic carbocycles. The Morgan fingerprint density at radius 2 is 2.07 bits per heavy atom. The van der Waals surface area contributed by atoms with Crippen LogP contribution in [0.2, 0.25) is 0 Å². The molecular weight excluding hydrogens is 354 g/mol. The quantitative estimate of drug-likeness (QED) is 0.579. The largest absolute Gasteiger partial charge is 0.466 e. The molecular formula is C23H23NO4. The van der Waals surface area contributed by atoms with E-state index >= 15 is 0 Å². The van der Waals surface area contributed by atoms with Crippen LogP contribution >= 0.6 is 0 Å². The topological polar surface area (TPSA) is 79.7 Å². The van der Waals surface area contributed by atoms with Gasteiger partial charge in [0.1, 0.15) is 5.92 Å². The molecule has 0 N–H and O–H groups in total. The highest BCUT2D eigenvalue weighted by atomic mass is 16.6. The van der Waals surface area contributed by atoms with Gasteiger partial charge in [-0.15, -0.1) is 0 Å². The lowest BCUT2D eigenvalue weighted by atomic mass is 9.79. The average Bonchev–Trinajstić information content (AvgIpc) is 3.51. The van der Waals surface area contributed by atoms with Crippen molar-refractivity contribution in [3.63, 3.8) is 0 Å². The van der Waals surface area contributed by atoms with Crippen molar-refractivity contribution < 1.29 is 19.1 Å². The third-order valence-electron chi connectivity index (χ3n) is 5.75. The van der Waals surface area contributed by atoms with Crippen LogP contribution in [0.5, 0.6) is 0 Å². The number of nitrogens with zero attached hydrogens (tertiary/aromatic N) is 1. The van der Waals surface area contributed by atoms with Crippen molar-refractivity contribution in [3.8, 4) is 6.07 Å². The Hall–Kier alpha value is -2.71. The summed E-state index contributed by atoms with van der Waals surface area (Å²) in [7, 11) is 0. The fourth-order valence-corrected chi connectivity index (χ4v) is 4.39. The molecule has 4 atom stereocenters. The Morgan fingerprint density at radius 1 is 1.32 bits per heavy atom. The third-order valence-corrected chi connectivity index (χ3v) is 5.75. The Kier molecular flexibility index (Phi) is 5.15. The van der Waals surface area contributed by atoms with E-state index in [0.717, 1.165) is 35.3 Å². The van der Waals surface area contributed by atoms with Gasteiger partial charge >= 0.3 is 5.97 Å². The van der Waals surface area contributed by atoms with Gasteiger partial charge in [-0.1, -0.05) is 30.3 Å². The zero-order chi connectivity index (χ0) is 19.7. The van der Waals surface area contributed by atoms with E-state index in [1.807, 2.05) is 12.1 Å². The number of benzene rings is 1. The summed E-state index contributed by atoms with van der Waals surface area (Å²) >= 11 is 0. The molecule has 3 aliphatic rings. The van der Waals surface area contributed by atoms with Crippen molar-refractivity contribution >= 4 is 11.8 Å². The molecule has 28 heavy (non-hydrogen) atoms. The van der Waals surface area contributed by atoms with E-state index in [1.54, 1.807) is 19.1 Å². The van der Waals surface area contributed by atoms with Crippen molar-refractivity contribution in [1.82, 2.24) is 0 Å². The summed E-state index contributed by atoms with van der Waals surface area (Å²) in [5.74, 6) is -1.14. The van der Waals surface area contributed by atoms with Gasteiger partial charge in [-0.25, -0.2) is 0 Å². The Labute approximate surface area is 164 Å². The SMILES string of the molecule is CCOC(=O)C[C@H]1CC2=C[C@H](C#N)C(=O)C=C2C(CC2CO2)c2ccccc21. The van der Waals surface area contributed by atoms with E-state index in [9.17, 15) is 14.9 Å². The number of carbonyl (C=O) groups is 2. The number of epoxide rings is 1. The molecule has 1 aromatic carbocycles. The van der Waals surface area contributed by atoms with E-state index in [0.29, 0.717) is 13.0 Å². The van der Waals surface area contributed by atoms with Crippen LogP contribution in [0, 0.1) is 17.2 Å². The number of hydrogen-bond acceptors (Lipinski definition) is 5. The first kappa shape index (κ1) is 18.6. The first-order valence-electron chi connectivity index (χ1n) is 9.82. The summed E-state index contributed by atoms with van der Waals surface area (Å²) in [4.78, 5) is 24.7. The lowest BCUT2D eigenvalue weighted by molar-refractivity contribution is -0.143. The molecule has 0 spiro atoms. The van der Waals surface area contributed by atoms with E-state index in [-0.39, 0.29) is 36.1 Å². The van der Waals surface area contributed by atoms with Gasteiger partial charge in [0, 0.05) is 5.92 Å². The van der Waals surface area contributed by atoms with Gasteiger partial charge in [0.15, 0.2) is 5.78 Å². The molecule has 0 saturated carbocycles. The van der Waals surface area contributed by atoms with Crippen LogP contribution in [0.3, 0.4) is 0 Å². The van der Waals surface area contributed by atoms with Crippen molar-refractivity contribution in [3.05, 3.63) is 58.7 Å². The minimum atomic E-state index is -0.749. The smallest absolute Gasteiger partial charge is 0.306 e. The fourth-order valence-electron chi connectivity index (χ4n) is 4.39. The predicted molar refractivity (Wildman–Crippen MR) is 102 cm³/mol. The summed E-state index contributed by atoms with van der Waals surface area (Å²) in [6.07, 6.45) is 5.35. The Morgan fingerprint density at radius 3 is 2.75 bits per heavy atom. The summed E-state index contributed by atoms with van der Waals surface area (Å²) in [6, 6.07) is 10.2. The second-order valence-electron chi connectivity index (χ2n) is 7.58. The monoisotopic (exact) mass is 377 g/mol. The molecule has 2 unspecified atom stereocenters. The van der Waals surface area contributed by atoms with Gasteiger partial charge in [0.25, 0.3) is 0 Å². The normalized spacial score (nSPS) is 28.1. The van der Waals surface area contributed by atoms with Crippen molar-refractivity contribution in [1.29, 1.82) is 5.26 Å². The zero-order valence-corrected chi connectivity index (χ0v) is 15.9. The minimum absolute atomic E-state index is 0.0331. The van der Waals surface area contributed by atoms with E-state index < -0.39 is 5.92 Å². The van der Waals surface area contributed by atoms with Crippen molar-refractivity contribution in [2.75, 3.05) is 13.2 Å². The number of fused-ring (bicyclic) bond motifs is 2. The summed E-state index contributed by atoms with van der Waals surface area (Å²) in [6.45, 7) is 2.90. The van der Waals surface area contributed by atoms with E-state index in [2.05, 4.69) is 18.2 Å². The van der Waals surface area contributed by atoms with Crippen LogP contribution in [0.25, 0.3) is 0 Å². The van der Waals surface area contributed by atoms with Gasteiger partial charge in [0.2, 0.25) is 0 Å². The predicted octanol–water partition coefficient (Wildman–Crippen LogP) is 3.57. The molecule has 0 radical (unpaired) electrons. The van der Waals surface area contributed by atoms with Crippen LogP contribution in [0.15, 0.2) is 47.6 Å². The molecule has 1 aliphatic heterocycles. The van der Waals surface area contributed by atoms with E-state index in [1.165, 1.54) is 0 Å². The van der Waals surface area contributed by atoms with Crippen molar-refractivity contribution in [2.45, 2.75) is 44.1 Å². The molecule has 1 aromatic rings. The van der Waals surface area contributed by atoms with E-state index in [4.69, 9.17) is 9.47 Å². The Balaban J connectivity index is 1.79. The van der Waals surface area contributed by atoms with Gasteiger partial charge in [-0.3, -0.25) is 9.59 Å². The number of ketones is 1. The number of ether oxygens (including phenoxy) is 2. The molecule has 4 rings (SSSR count). The molecule has 0 bridgehead atoms. The lowest BCUT2D eigenvalue weighted by Gasteiger charge is -2.24. The Bertz CT molecular complexity index is 903. The zero-order valence-electron chi connectivity index (χ0n) is 15.9. The maximum absolute atomic E-state index is 12.4. The highest BCUT2D eigenvalue weighted by molar-refractivity contribution is 5.98. The van der Waals surface area contributed by atoms with Gasteiger partial charge in [-0.05, 0) is 54.0 Å². The van der Waals surface area contributed by atoms with Crippen LogP contribution in [-0.2, 0) is 19.1 Å². The third kappa shape index (κ3) is 3.65. The number of nitriles is 1. The number of rotatable bonds is 5. The number of allylic oxidation sites excluding steroid dienone is 4. The van der Waals surface area contributed by atoms with Crippen LogP contribution in [0.1, 0.15) is 49.1 Å². The summed E-state index contributed by atoms with van der Waals surface area (Å²) < 4.78 is 10.7. The lowest BCUT2D eigenvalue weighted by Crippen LogP contribution is -2.18. The fraction of sp³-hybridized carbons (Fsp3) is 0.435. The standard InChI is InChI=1S/C23H23NO4/c1-2-27-23(26)9-15-7-14-8-16(12-24)22(25)11-20(14)21(10-17-13-28-17)19-6-4-3-5-18(15)19/h3-6,8,11,15-17,21H,2,7,9-10,13H2,1H3/t15-,16-,17?,21?/m1/s1. The summed E-state index contributed by atoms with van der Waals surface area (Å²) in [5.41, 5.74) is 4.25. The van der Waals surface area contributed by atoms with Crippen molar-refractivity contribution in [2.24, 2.45) is 5.92 Å². The van der Waals surface area contributed by atoms with Gasteiger partial charge < -0.3 is 9.47 Å². The molecule has 1 saturated heterocycles. The molecule has 5 heteroatoms. The maximum atomic E-state index is 12.4. The molecule has 5 nitrogen and oxygen atoms in total. The molecule has 1 fully saturated rings. The second-order valence-corrected chi connectivity index (χ2v) is 7.58. The highest BCUT2D eigenvalue weighted by Crippen LogP contribution is 2.48. The molecule has 144 valence electrons. The van der Waals surface area contributed by atoms with Gasteiger partial charge in [-0.2, -0.15) is 5.26 Å².